The van der Waals surface area contributed by atoms with Gasteiger partial charge in [-0.2, -0.15) is 80.4 Å². The van der Waals surface area contributed by atoms with E-state index in [4.69, 9.17) is 37.4 Å². The van der Waals surface area contributed by atoms with E-state index < -0.39 is 168 Å². The lowest BCUT2D eigenvalue weighted by Gasteiger charge is -2.15. The molecule has 0 saturated carbocycles. The topological polar surface area (TPSA) is 569 Å². The van der Waals surface area contributed by atoms with Gasteiger partial charge in [-0.05, 0) is 106 Å². The van der Waals surface area contributed by atoms with Gasteiger partial charge >= 0.3 is 0 Å². The zero-order valence-corrected chi connectivity index (χ0v) is 57.3. The van der Waals surface area contributed by atoms with Crippen LogP contribution in [0.25, 0.3) is 43.1 Å². The molecule has 12 N–H and O–H groups in total. The van der Waals surface area contributed by atoms with E-state index in [0.717, 1.165) is 36.4 Å². The lowest BCUT2D eigenvalue weighted by molar-refractivity contribution is 0.0145. The molecule has 45 heteroatoms. The summed E-state index contributed by atoms with van der Waals surface area (Å²) in [4.78, 5) is 19.0. The van der Waals surface area contributed by atoms with Crippen LogP contribution >= 0.6 is 23.2 Å². The van der Waals surface area contributed by atoms with E-state index in [0.29, 0.717) is 35.7 Å². The normalized spacial score (nSPS) is 12.8. The minimum Gasteiger partial charge on any atom is -0.505 e. The molecule has 8 aromatic carbocycles. The Morgan fingerprint density at radius 1 is 0.386 bits per heavy atom. The summed E-state index contributed by atoms with van der Waals surface area (Å²) >= 11 is 12.4. The van der Waals surface area contributed by atoms with Crippen LogP contribution in [-0.2, 0) is 74.9 Å². The van der Waals surface area contributed by atoms with Gasteiger partial charge in [-0.25, -0.2) is 0 Å². The van der Waals surface area contributed by atoms with Gasteiger partial charge in [0.15, 0.2) is 11.5 Å². The Morgan fingerprint density at radius 2 is 0.743 bits per heavy atom. The maximum atomic E-state index is 12.7. The van der Waals surface area contributed by atoms with E-state index in [1.807, 2.05) is 0 Å². The number of ether oxygens (including phenoxy) is 3. The lowest BCUT2D eigenvalue weighted by atomic mass is 10.1. The third kappa shape index (κ3) is 18.1. The van der Waals surface area contributed by atoms with Gasteiger partial charge in [-0.1, -0.05) is 60.7 Å². The highest BCUT2D eigenvalue weighted by atomic mass is 35.5. The molecule has 101 heavy (non-hydrogen) atoms. The number of nitrogens with one attached hydrogen (secondary N) is 4. The van der Waals surface area contributed by atoms with Gasteiger partial charge in [0.2, 0.25) is 34.4 Å². The fourth-order valence-corrected chi connectivity index (χ4v) is 14.3. The third-order valence-electron chi connectivity index (χ3n) is 14.1. The number of anilines is 6. The number of aromatic nitrogens is 6. The first-order chi connectivity index (χ1) is 47.5. The summed E-state index contributed by atoms with van der Waals surface area (Å²) in [6, 6.07) is 21.5. The van der Waals surface area contributed by atoms with E-state index >= 15 is 0 Å². The first-order valence-corrected chi connectivity index (χ1v) is 37.9. The summed E-state index contributed by atoms with van der Waals surface area (Å²) in [5.41, 5.74) is -3.83. The molecule has 0 fully saturated rings. The summed E-state index contributed by atoms with van der Waals surface area (Å²) in [5, 5.41) is 47.9. The van der Waals surface area contributed by atoms with Crippen molar-refractivity contribution in [3.63, 3.8) is 0 Å². The number of nitrogens with zero attached hydrogens (tertiary/aromatic N) is 10. The van der Waals surface area contributed by atoms with E-state index in [1.54, 1.807) is 12.1 Å². The monoisotopic (exact) mass is 1550 g/mol. The molecular weight excluding hydrogens is 1500 g/mol. The first kappa shape index (κ1) is 74.4. The van der Waals surface area contributed by atoms with Gasteiger partial charge in [0.1, 0.15) is 42.3 Å². The molecule has 0 aliphatic heterocycles. The highest BCUT2D eigenvalue weighted by Gasteiger charge is 2.30. The molecule has 0 aliphatic carbocycles. The Bertz CT molecular complexity index is 5410. The van der Waals surface area contributed by atoms with E-state index in [9.17, 15) is 88.0 Å². The molecule has 10 rings (SSSR count). The second-order valence-corrected chi connectivity index (χ2v) is 30.0. The summed E-state index contributed by atoms with van der Waals surface area (Å²) < 4.78 is 229. The summed E-state index contributed by atoms with van der Waals surface area (Å²) in [6.07, 6.45) is 0.745. The van der Waals surface area contributed by atoms with Crippen LogP contribution < -0.4 is 21.3 Å². The second kappa shape index (κ2) is 30.1. The van der Waals surface area contributed by atoms with Gasteiger partial charge in [0.05, 0.1) is 47.6 Å². The van der Waals surface area contributed by atoms with Crippen LogP contribution in [0, 0.1) is 0 Å². The van der Waals surface area contributed by atoms with Crippen molar-refractivity contribution in [2.45, 2.75) is 42.2 Å². The Balaban J connectivity index is 0.705. The van der Waals surface area contributed by atoms with Crippen LogP contribution in [0.2, 0.25) is 10.6 Å². The molecule has 2 aromatic heterocycles. The van der Waals surface area contributed by atoms with Crippen LogP contribution in [-0.4, -0.2) is 171 Å². The predicted octanol–water partition coefficient (Wildman–Crippen LogP) is 9.54. The average Bonchev–Trinajstić information content (AvgIpc) is 0.756. The number of phenolic OH excluding ortho intramolecular Hbond substituents is 2. The van der Waals surface area contributed by atoms with Crippen molar-refractivity contribution >= 4 is 185 Å². The number of hydrogen-bond donors (Lipinski definition) is 12. The minimum absolute atomic E-state index is 0.000516. The predicted molar refractivity (Wildman–Crippen MR) is 361 cm³/mol. The van der Waals surface area contributed by atoms with E-state index in [-0.39, 0.29) is 87.3 Å². The number of hydrogen-bond acceptors (Lipinski definition) is 31. The van der Waals surface area contributed by atoms with Crippen molar-refractivity contribution in [2.24, 2.45) is 20.5 Å². The van der Waals surface area contributed by atoms with E-state index in [1.165, 1.54) is 48.5 Å². The molecule has 532 valence electrons. The maximum Gasteiger partial charge on any atom is 0.297 e. The number of azo groups is 2. The highest BCUT2D eigenvalue weighted by Crippen LogP contribution is 2.48. The largest absolute Gasteiger partial charge is 0.505 e. The Morgan fingerprint density at radius 3 is 1.10 bits per heavy atom. The molecule has 0 unspecified atom stereocenters. The second-order valence-electron chi connectivity index (χ2n) is 21.0. The van der Waals surface area contributed by atoms with Crippen LogP contribution in [0.5, 0.6) is 11.5 Å². The Hall–Kier alpha value is -9.26. The summed E-state index contributed by atoms with van der Waals surface area (Å²) in [5.74, 6) is -3.18. The van der Waals surface area contributed by atoms with Crippen LogP contribution in [0.1, 0.15) is 12.8 Å². The van der Waals surface area contributed by atoms with Crippen molar-refractivity contribution in [3.05, 3.63) is 120 Å². The number of aromatic hydroxyl groups is 2. The maximum absolute atomic E-state index is 12.7. The molecule has 10 aromatic rings. The van der Waals surface area contributed by atoms with Crippen molar-refractivity contribution in [2.75, 3.05) is 74.0 Å². The zero-order chi connectivity index (χ0) is 73.0. The summed E-state index contributed by atoms with van der Waals surface area (Å²) in [7, 11) is -30.9. The highest BCUT2D eigenvalue weighted by molar-refractivity contribution is 7.87. The fourth-order valence-electron chi connectivity index (χ4n) is 9.87. The van der Waals surface area contributed by atoms with Crippen molar-refractivity contribution in [1.29, 1.82) is 0 Å². The molecule has 0 saturated heterocycles. The van der Waals surface area contributed by atoms with Gasteiger partial charge < -0.3 is 45.7 Å². The standard InChI is InChI=1S/C56H50Cl2N14O23S6/c57-51-63-53(67-55(65-51)61-39-27-33(96(75,76)77)23-31-25-41(98(81,82)83)45(47(73)43(31)39)71-69-37-13-11-29-7-1-3-9-35(29)49(37)100(87,88)89)59-15-5-17-93-19-21-95-22-20-94-18-6-16-60-54-64-52(58)66-56(68-54)62-40-28-34(97(78,79)80)24-32-26-42(99(84,85)86)46(48(74)44(32)40)72-70-38-14-12-30-8-2-4-10-36(30)50(38)101(90,91)92/h1-4,7-14,23-28,73-74H,5-6,15-22H2,(H,75,76,77)(H,78,79,80)(H,81,82,83)(H,84,85,86)(H,87,88,89)(H,90,91,92)(H2,59,61,63,65,67)(H2,60,62,64,66,68). The van der Waals surface area contributed by atoms with Crippen LogP contribution in [0.3, 0.4) is 0 Å². The SMILES string of the molecule is O=S(=O)(O)c1cc(Nc2nc(Cl)nc(NCCCOCCOCCOCCCNc3nc(Cl)nc(Nc4cc(S(=O)(=O)O)cc5cc(S(=O)(=O)O)c(N=Nc6ccc7ccccc7c6S(=O)(=O)O)c(O)c45)n3)n2)c2c(O)c(N=Nc3ccc4ccccc4c3S(=O)(=O)O)c(S(=O)(=O)O)cc2c1. The molecule has 0 amide bonds. The first-order valence-electron chi connectivity index (χ1n) is 28.5. The lowest BCUT2D eigenvalue weighted by Crippen LogP contribution is -2.14. The van der Waals surface area contributed by atoms with Gasteiger partial charge in [-0.3, -0.25) is 27.3 Å². The molecule has 37 nitrogen and oxygen atoms in total. The molecule has 0 bridgehead atoms. The minimum atomic E-state index is -5.35. The molecule has 0 radical (unpaired) electrons. The van der Waals surface area contributed by atoms with Crippen LogP contribution in [0.4, 0.5) is 57.9 Å². The van der Waals surface area contributed by atoms with Gasteiger partial charge in [-0.15, -0.1) is 20.5 Å². The number of halogens is 2. The van der Waals surface area contributed by atoms with Crippen molar-refractivity contribution in [1.82, 2.24) is 29.9 Å². The third-order valence-corrected chi connectivity index (χ3v) is 19.7. The van der Waals surface area contributed by atoms with Crippen molar-refractivity contribution in [3.8, 4) is 11.5 Å². The van der Waals surface area contributed by atoms with E-state index in [2.05, 4.69) is 71.6 Å². The average molecular weight is 1550 g/mol. The molecule has 0 spiro atoms. The van der Waals surface area contributed by atoms with Gasteiger partial charge in [0, 0.05) is 47.8 Å². The molecule has 0 aliphatic rings. The van der Waals surface area contributed by atoms with Gasteiger partial charge in [0.25, 0.3) is 60.7 Å². The number of phenols is 2. The number of benzene rings is 8. The molecule has 2 heterocycles. The molecule has 0 atom stereocenters. The number of fused-ring (bicyclic) bond motifs is 4. The van der Waals surface area contributed by atoms with Crippen LogP contribution in [0.15, 0.2) is 159 Å². The Kier molecular flexibility index (Phi) is 22.2. The summed E-state index contributed by atoms with van der Waals surface area (Å²) in [6.45, 7) is 1.50. The Labute approximate surface area is 581 Å². The fraction of sp³-hybridized carbons (Fsp3) is 0.179. The van der Waals surface area contributed by atoms with Crippen molar-refractivity contribution < 1.29 is 102 Å². The molecular formula is C56H50Cl2N14O23S6. The smallest absolute Gasteiger partial charge is 0.297 e. The quantitative estimate of drug-likeness (QED) is 0.0113. The zero-order valence-electron chi connectivity index (χ0n) is 50.8. The number of rotatable bonds is 30.